The van der Waals surface area contributed by atoms with Gasteiger partial charge in [-0.2, -0.15) is 0 Å². The summed E-state index contributed by atoms with van der Waals surface area (Å²) in [5.41, 5.74) is 3.72. The quantitative estimate of drug-likeness (QED) is 0.383. The molecule has 0 aliphatic carbocycles. The van der Waals surface area contributed by atoms with E-state index in [-0.39, 0.29) is 35.3 Å². The average Bonchev–Trinajstić information content (AvgIpc) is 3.13. The number of Topliss-reactive ketones (excluding diaryl/α,β-unsaturated/α-hetero) is 1. The number of aryl methyl sites for hydroxylation is 1. The lowest BCUT2D eigenvalue weighted by molar-refractivity contribution is -0.116. The molecule has 1 aromatic rings. The number of carbonyl (C=O) groups is 2. The van der Waals surface area contributed by atoms with Crippen LogP contribution >= 0.6 is 0 Å². The molecule has 1 heterocycles. The van der Waals surface area contributed by atoms with E-state index in [9.17, 15) is 19.8 Å². The highest BCUT2D eigenvalue weighted by molar-refractivity contribution is 6.02. The third-order valence-electron chi connectivity index (χ3n) is 5.79. The Kier molecular flexibility index (Phi) is 9.35. The van der Waals surface area contributed by atoms with Gasteiger partial charge in [0.15, 0.2) is 5.78 Å². The lowest BCUT2D eigenvalue weighted by atomic mass is 9.94. The lowest BCUT2D eigenvalue weighted by Gasteiger charge is -2.20. The van der Waals surface area contributed by atoms with E-state index in [1.165, 1.54) is 16.0 Å². The molecule has 1 amide bonds. The number of likely N-dealkylation sites (tertiary alicyclic amines) is 1. The summed E-state index contributed by atoms with van der Waals surface area (Å²) in [6.45, 7) is 8.75. The molecule has 1 aromatic carbocycles. The van der Waals surface area contributed by atoms with E-state index < -0.39 is 0 Å². The third kappa shape index (κ3) is 6.98. The van der Waals surface area contributed by atoms with Crippen LogP contribution in [0.25, 0.3) is 0 Å². The summed E-state index contributed by atoms with van der Waals surface area (Å²) in [5, 5.41) is 21.7. The number of allylic oxidation sites excluding steroid dienone is 4. The first-order valence-corrected chi connectivity index (χ1v) is 11.4. The van der Waals surface area contributed by atoms with Crippen LogP contribution in [0.4, 0.5) is 0 Å². The van der Waals surface area contributed by atoms with Gasteiger partial charge in [0.25, 0.3) is 5.91 Å². The second-order valence-corrected chi connectivity index (χ2v) is 8.80. The molecular formula is C26H37NO4. The number of phenols is 2. The molecule has 5 heteroatoms. The minimum absolute atomic E-state index is 0.0198. The van der Waals surface area contributed by atoms with E-state index in [2.05, 4.69) is 26.8 Å². The molecule has 2 rings (SSSR count). The number of amides is 1. The third-order valence-corrected chi connectivity index (χ3v) is 5.79. The Bertz CT molecular complexity index is 863. The number of benzene rings is 1. The zero-order valence-corrected chi connectivity index (χ0v) is 19.5. The molecule has 0 atom stereocenters. The van der Waals surface area contributed by atoms with Gasteiger partial charge in [0.2, 0.25) is 0 Å². The maximum absolute atomic E-state index is 13.2. The Labute approximate surface area is 186 Å². The molecule has 1 fully saturated rings. The van der Waals surface area contributed by atoms with Crippen molar-refractivity contribution < 1.29 is 19.8 Å². The zero-order valence-electron chi connectivity index (χ0n) is 19.5. The van der Waals surface area contributed by atoms with Crippen molar-refractivity contribution in [3.63, 3.8) is 0 Å². The molecule has 170 valence electrons. The molecule has 0 spiro atoms. The largest absolute Gasteiger partial charge is 0.508 e. The molecular weight excluding hydrogens is 390 g/mol. The molecule has 0 unspecified atom stereocenters. The van der Waals surface area contributed by atoms with Crippen LogP contribution in [0.3, 0.4) is 0 Å². The molecule has 0 radical (unpaired) electrons. The summed E-state index contributed by atoms with van der Waals surface area (Å²) < 4.78 is 0. The Morgan fingerprint density at radius 2 is 1.90 bits per heavy atom. The highest BCUT2D eigenvalue weighted by atomic mass is 16.3. The normalized spacial score (nSPS) is 14.3. The van der Waals surface area contributed by atoms with Crippen LogP contribution in [0.5, 0.6) is 11.5 Å². The van der Waals surface area contributed by atoms with Crippen LogP contribution in [0.1, 0.15) is 87.7 Å². The predicted octanol–water partition coefficient (Wildman–Crippen LogP) is 5.48. The van der Waals surface area contributed by atoms with Crippen molar-refractivity contribution >= 4 is 11.7 Å². The molecule has 0 saturated carbocycles. The van der Waals surface area contributed by atoms with Gasteiger partial charge in [0.1, 0.15) is 11.5 Å². The van der Waals surface area contributed by atoms with Crippen molar-refractivity contribution in [2.24, 2.45) is 0 Å². The van der Waals surface area contributed by atoms with E-state index in [0.29, 0.717) is 36.9 Å². The number of hydrogen-bond donors (Lipinski definition) is 2. The molecule has 0 aromatic heterocycles. The molecule has 1 saturated heterocycles. The smallest absolute Gasteiger partial charge is 0.258 e. The second kappa shape index (κ2) is 11.7. The van der Waals surface area contributed by atoms with Crippen LogP contribution < -0.4 is 0 Å². The minimum atomic E-state index is -0.319. The van der Waals surface area contributed by atoms with Crippen LogP contribution in [0, 0.1) is 0 Å². The van der Waals surface area contributed by atoms with Gasteiger partial charge in [-0.25, -0.2) is 0 Å². The fourth-order valence-electron chi connectivity index (χ4n) is 3.88. The van der Waals surface area contributed by atoms with E-state index in [1.54, 1.807) is 6.07 Å². The number of rotatable bonds is 10. The lowest BCUT2D eigenvalue weighted by Crippen LogP contribution is -2.30. The van der Waals surface area contributed by atoms with Gasteiger partial charge < -0.3 is 15.1 Å². The van der Waals surface area contributed by atoms with E-state index in [4.69, 9.17) is 0 Å². The standard InChI is InChI=1S/C26H37NO4/c1-5-6-7-11-20-16-23(29)22(13-12-19(4)10-8-9-18(2)3)25(30)24(20)26(31)27-15-14-21(28)17-27/h9,12,16,29-30H,5-8,10-11,13-15,17H2,1-4H3. The summed E-state index contributed by atoms with van der Waals surface area (Å²) in [5.74, 6) is -0.412. The monoisotopic (exact) mass is 427 g/mol. The van der Waals surface area contributed by atoms with Gasteiger partial charge in [0, 0.05) is 18.5 Å². The van der Waals surface area contributed by atoms with Crippen molar-refractivity contribution in [3.8, 4) is 11.5 Å². The van der Waals surface area contributed by atoms with E-state index >= 15 is 0 Å². The fraction of sp³-hybridized carbons (Fsp3) is 0.538. The Balaban J connectivity index is 2.33. The minimum Gasteiger partial charge on any atom is -0.508 e. The fourth-order valence-corrected chi connectivity index (χ4v) is 3.88. The highest BCUT2D eigenvalue weighted by Gasteiger charge is 2.30. The van der Waals surface area contributed by atoms with Gasteiger partial charge in [-0.05, 0) is 64.5 Å². The number of phenolic OH excluding ortho intramolecular Hbond substituents is 2. The van der Waals surface area contributed by atoms with Crippen molar-refractivity contribution in [1.29, 1.82) is 0 Å². The van der Waals surface area contributed by atoms with Crippen molar-refractivity contribution in [3.05, 3.63) is 46.1 Å². The number of nitrogens with zero attached hydrogens (tertiary/aromatic N) is 1. The van der Waals surface area contributed by atoms with E-state index in [0.717, 1.165) is 32.1 Å². The topological polar surface area (TPSA) is 77.8 Å². The zero-order chi connectivity index (χ0) is 23.0. The maximum atomic E-state index is 13.2. The average molecular weight is 428 g/mol. The SMILES string of the molecule is CCCCCc1cc(O)c(CC=C(C)CCC=C(C)C)c(O)c1C(=O)N1CCC(=O)C1. The van der Waals surface area contributed by atoms with Crippen LogP contribution in [0.2, 0.25) is 0 Å². The Morgan fingerprint density at radius 1 is 1.16 bits per heavy atom. The molecule has 0 bridgehead atoms. The number of carbonyl (C=O) groups excluding carboxylic acids is 2. The summed E-state index contributed by atoms with van der Waals surface area (Å²) in [7, 11) is 0. The molecule has 1 aliphatic heterocycles. The molecule has 1 aliphatic rings. The number of aromatic hydroxyl groups is 2. The first-order valence-electron chi connectivity index (χ1n) is 11.4. The van der Waals surface area contributed by atoms with Crippen LogP contribution in [0.15, 0.2) is 29.4 Å². The van der Waals surface area contributed by atoms with Gasteiger partial charge in [0.05, 0.1) is 12.1 Å². The summed E-state index contributed by atoms with van der Waals surface area (Å²) in [6, 6.07) is 1.63. The number of ketones is 1. The summed E-state index contributed by atoms with van der Waals surface area (Å²) in [4.78, 5) is 26.4. The van der Waals surface area contributed by atoms with Crippen LogP contribution in [-0.2, 0) is 17.6 Å². The highest BCUT2D eigenvalue weighted by Crippen LogP contribution is 2.36. The first-order chi connectivity index (χ1) is 14.7. The molecule has 2 N–H and O–H groups in total. The number of hydrogen-bond acceptors (Lipinski definition) is 4. The van der Waals surface area contributed by atoms with E-state index in [1.807, 2.05) is 13.0 Å². The van der Waals surface area contributed by atoms with Gasteiger partial charge in [-0.1, -0.05) is 43.1 Å². The van der Waals surface area contributed by atoms with Gasteiger partial charge in [-0.3, -0.25) is 9.59 Å². The number of unbranched alkanes of at least 4 members (excludes halogenated alkanes) is 2. The second-order valence-electron chi connectivity index (χ2n) is 8.80. The Hall–Kier alpha value is -2.56. The first kappa shape index (κ1) is 24.7. The molecule has 31 heavy (non-hydrogen) atoms. The predicted molar refractivity (Wildman–Crippen MR) is 125 cm³/mol. The van der Waals surface area contributed by atoms with Crippen molar-refractivity contribution in [1.82, 2.24) is 4.90 Å². The van der Waals surface area contributed by atoms with Crippen LogP contribution in [-0.4, -0.2) is 39.9 Å². The Morgan fingerprint density at radius 3 is 2.52 bits per heavy atom. The van der Waals surface area contributed by atoms with Crippen molar-refractivity contribution in [2.45, 2.75) is 79.1 Å². The summed E-state index contributed by atoms with van der Waals surface area (Å²) >= 11 is 0. The van der Waals surface area contributed by atoms with Crippen molar-refractivity contribution in [2.75, 3.05) is 13.1 Å². The maximum Gasteiger partial charge on any atom is 0.258 e. The van der Waals surface area contributed by atoms with Gasteiger partial charge in [-0.15, -0.1) is 0 Å². The summed E-state index contributed by atoms with van der Waals surface area (Å²) in [6.07, 6.45) is 10.3. The molecule has 5 nitrogen and oxygen atoms in total. The van der Waals surface area contributed by atoms with Gasteiger partial charge >= 0.3 is 0 Å².